The number of benzene rings is 1. The van der Waals surface area contributed by atoms with Crippen molar-refractivity contribution in [2.45, 2.75) is 23.4 Å². The van der Waals surface area contributed by atoms with Crippen molar-refractivity contribution in [3.8, 4) is 11.5 Å². The normalized spacial score (nSPS) is 13.0. The second kappa shape index (κ2) is 7.90. The van der Waals surface area contributed by atoms with E-state index in [0.717, 1.165) is 14.9 Å². The van der Waals surface area contributed by atoms with Crippen molar-refractivity contribution in [2.75, 3.05) is 29.2 Å². The number of anilines is 2. The summed E-state index contributed by atoms with van der Waals surface area (Å²) in [4.78, 5) is 12.4. The number of nitrogens with one attached hydrogen (secondary N) is 1. The summed E-state index contributed by atoms with van der Waals surface area (Å²) in [5.74, 6) is 0.442. The van der Waals surface area contributed by atoms with E-state index in [2.05, 4.69) is 15.5 Å². The molecule has 1 amide bonds. The highest BCUT2D eigenvalue weighted by Gasteiger charge is 2.24. The SMILES string of the molecule is CC(C)Sc1nnc(NC(=O)CN(c2ccc3c(c2)OCO3)S(C)(=O)=O)s1. The number of thioether (sulfide) groups is 1. The van der Waals surface area contributed by atoms with Gasteiger partial charge in [-0.1, -0.05) is 36.9 Å². The smallest absolute Gasteiger partial charge is 0.246 e. The molecule has 3 rings (SSSR count). The van der Waals surface area contributed by atoms with Gasteiger partial charge in [-0.2, -0.15) is 0 Å². The second-order valence-electron chi connectivity index (χ2n) is 5.90. The zero-order valence-corrected chi connectivity index (χ0v) is 17.3. The van der Waals surface area contributed by atoms with Crippen molar-refractivity contribution in [1.29, 1.82) is 0 Å². The van der Waals surface area contributed by atoms with E-state index in [1.165, 1.54) is 29.2 Å². The summed E-state index contributed by atoms with van der Waals surface area (Å²) in [5, 5.41) is 11.2. The second-order valence-corrected chi connectivity index (χ2v) is 10.6. The summed E-state index contributed by atoms with van der Waals surface area (Å²) >= 11 is 2.77. The minimum atomic E-state index is -3.69. The van der Waals surface area contributed by atoms with Crippen LogP contribution >= 0.6 is 23.1 Å². The molecule has 0 fully saturated rings. The number of ether oxygens (including phenoxy) is 2. The fourth-order valence-electron chi connectivity index (χ4n) is 2.24. The molecular formula is C15H18N4O5S3. The third-order valence-corrected chi connectivity index (χ3v) is 6.39. The van der Waals surface area contributed by atoms with Crippen LogP contribution in [0.25, 0.3) is 0 Å². The van der Waals surface area contributed by atoms with Crippen LogP contribution in [-0.4, -0.2) is 49.4 Å². The Labute approximate surface area is 165 Å². The first-order valence-corrected chi connectivity index (χ1v) is 11.4. The van der Waals surface area contributed by atoms with Gasteiger partial charge in [0.25, 0.3) is 0 Å². The van der Waals surface area contributed by atoms with Crippen LogP contribution in [0.3, 0.4) is 0 Å². The molecule has 2 aromatic rings. The molecule has 1 N–H and O–H groups in total. The van der Waals surface area contributed by atoms with Gasteiger partial charge < -0.3 is 9.47 Å². The summed E-state index contributed by atoms with van der Waals surface area (Å²) in [6, 6.07) is 4.69. The maximum absolute atomic E-state index is 12.4. The van der Waals surface area contributed by atoms with E-state index >= 15 is 0 Å². The Kier molecular flexibility index (Phi) is 5.77. The average molecular weight is 431 g/mol. The fourth-order valence-corrected chi connectivity index (χ4v) is 5.08. The number of nitrogens with zero attached hydrogens (tertiary/aromatic N) is 3. The molecular weight excluding hydrogens is 412 g/mol. The van der Waals surface area contributed by atoms with Crippen LogP contribution < -0.4 is 19.1 Å². The maximum atomic E-state index is 12.4. The molecule has 0 saturated heterocycles. The van der Waals surface area contributed by atoms with Crippen LogP contribution in [0, 0.1) is 0 Å². The third kappa shape index (κ3) is 5.02. The molecule has 1 aromatic carbocycles. The van der Waals surface area contributed by atoms with Crippen LogP contribution in [0.5, 0.6) is 11.5 Å². The largest absolute Gasteiger partial charge is 0.454 e. The summed E-state index contributed by atoms with van der Waals surface area (Å²) in [6.45, 7) is 3.73. The van der Waals surface area contributed by atoms with Crippen molar-refractivity contribution in [3.05, 3.63) is 18.2 Å². The number of hydrogen-bond acceptors (Lipinski definition) is 9. The fraction of sp³-hybridized carbons (Fsp3) is 0.400. The van der Waals surface area contributed by atoms with Crippen molar-refractivity contribution in [3.63, 3.8) is 0 Å². The number of rotatable bonds is 7. The minimum Gasteiger partial charge on any atom is -0.454 e. The van der Waals surface area contributed by atoms with Crippen LogP contribution in [0.1, 0.15) is 13.8 Å². The Morgan fingerprint density at radius 1 is 1.33 bits per heavy atom. The lowest BCUT2D eigenvalue weighted by atomic mass is 10.3. The number of carbonyl (C=O) groups excluding carboxylic acids is 1. The van der Waals surface area contributed by atoms with Gasteiger partial charge in [0, 0.05) is 11.3 Å². The molecule has 1 aliphatic rings. The molecule has 0 spiro atoms. The van der Waals surface area contributed by atoms with Gasteiger partial charge in [-0.05, 0) is 12.1 Å². The molecule has 146 valence electrons. The van der Waals surface area contributed by atoms with Gasteiger partial charge in [-0.25, -0.2) is 8.42 Å². The summed E-state index contributed by atoms with van der Waals surface area (Å²) in [6.07, 6.45) is 1.03. The van der Waals surface area contributed by atoms with E-state index in [-0.39, 0.29) is 6.79 Å². The zero-order chi connectivity index (χ0) is 19.6. The van der Waals surface area contributed by atoms with Gasteiger partial charge in [0.1, 0.15) is 6.54 Å². The average Bonchev–Trinajstić information content (AvgIpc) is 3.19. The monoisotopic (exact) mass is 430 g/mol. The molecule has 0 atom stereocenters. The van der Waals surface area contributed by atoms with E-state index in [1.54, 1.807) is 12.1 Å². The highest BCUT2D eigenvalue weighted by atomic mass is 32.2. The van der Waals surface area contributed by atoms with Gasteiger partial charge >= 0.3 is 0 Å². The van der Waals surface area contributed by atoms with Gasteiger partial charge in [0.15, 0.2) is 15.8 Å². The van der Waals surface area contributed by atoms with Gasteiger partial charge in [-0.15, -0.1) is 10.2 Å². The standard InChI is InChI=1S/C15H18N4O5S3/c1-9(2)25-15-18-17-14(26-15)16-13(20)7-19(27(3,21)22)10-4-5-11-12(6-10)24-8-23-11/h4-6,9H,7-8H2,1-3H3,(H,16,17,20). The molecule has 27 heavy (non-hydrogen) atoms. The van der Waals surface area contributed by atoms with E-state index in [1.807, 2.05) is 13.8 Å². The van der Waals surface area contributed by atoms with Crippen LogP contribution in [0.4, 0.5) is 10.8 Å². The number of amides is 1. The minimum absolute atomic E-state index is 0.0753. The molecule has 2 heterocycles. The molecule has 0 bridgehead atoms. The lowest BCUT2D eigenvalue weighted by Crippen LogP contribution is -2.37. The first-order valence-electron chi connectivity index (χ1n) is 7.90. The Bertz CT molecular complexity index is 945. The summed E-state index contributed by atoms with van der Waals surface area (Å²) in [5.41, 5.74) is 0.310. The molecule has 12 heteroatoms. The van der Waals surface area contributed by atoms with Gasteiger partial charge in [0.05, 0.1) is 11.9 Å². The van der Waals surface area contributed by atoms with E-state index in [4.69, 9.17) is 9.47 Å². The number of carbonyl (C=O) groups is 1. The highest BCUT2D eigenvalue weighted by Crippen LogP contribution is 2.36. The number of hydrogen-bond donors (Lipinski definition) is 1. The summed E-state index contributed by atoms with van der Waals surface area (Å²) in [7, 11) is -3.69. The first kappa shape index (κ1) is 19.7. The Balaban J connectivity index is 1.73. The van der Waals surface area contributed by atoms with Gasteiger partial charge in [-0.3, -0.25) is 14.4 Å². The third-order valence-electron chi connectivity index (χ3n) is 3.32. The number of fused-ring (bicyclic) bond motifs is 1. The van der Waals surface area contributed by atoms with Crippen molar-refractivity contribution in [1.82, 2.24) is 10.2 Å². The van der Waals surface area contributed by atoms with Crippen LogP contribution in [0.2, 0.25) is 0 Å². The predicted molar refractivity (Wildman–Crippen MR) is 104 cm³/mol. The van der Waals surface area contributed by atoms with Crippen molar-refractivity contribution >= 4 is 49.8 Å². The van der Waals surface area contributed by atoms with E-state index in [9.17, 15) is 13.2 Å². The highest BCUT2D eigenvalue weighted by molar-refractivity contribution is 8.01. The molecule has 1 aliphatic heterocycles. The topological polar surface area (TPSA) is 111 Å². The lowest BCUT2D eigenvalue weighted by Gasteiger charge is -2.21. The molecule has 0 unspecified atom stereocenters. The summed E-state index contributed by atoms with van der Waals surface area (Å²) < 4.78 is 36.6. The Hall–Kier alpha value is -2.05. The first-order chi connectivity index (χ1) is 12.7. The maximum Gasteiger partial charge on any atom is 0.246 e. The molecule has 0 aliphatic carbocycles. The predicted octanol–water partition coefficient (Wildman–Crippen LogP) is 2.17. The van der Waals surface area contributed by atoms with Crippen LogP contribution in [-0.2, 0) is 14.8 Å². The van der Waals surface area contributed by atoms with Crippen molar-refractivity contribution < 1.29 is 22.7 Å². The molecule has 9 nitrogen and oxygen atoms in total. The van der Waals surface area contributed by atoms with E-state index in [0.29, 0.717) is 27.6 Å². The molecule has 1 aromatic heterocycles. The Morgan fingerprint density at radius 3 is 2.78 bits per heavy atom. The van der Waals surface area contributed by atoms with Gasteiger partial charge in [0.2, 0.25) is 27.9 Å². The van der Waals surface area contributed by atoms with Crippen LogP contribution in [0.15, 0.2) is 22.5 Å². The lowest BCUT2D eigenvalue weighted by molar-refractivity contribution is -0.114. The zero-order valence-electron chi connectivity index (χ0n) is 14.8. The molecule has 0 radical (unpaired) electrons. The molecule has 0 saturated carbocycles. The van der Waals surface area contributed by atoms with E-state index < -0.39 is 22.5 Å². The Morgan fingerprint density at radius 2 is 2.07 bits per heavy atom. The number of sulfonamides is 1. The quantitative estimate of drug-likeness (QED) is 0.526. The van der Waals surface area contributed by atoms with Crippen molar-refractivity contribution in [2.24, 2.45) is 0 Å². The number of aromatic nitrogens is 2.